The molecule has 2 amide bonds. The van der Waals surface area contributed by atoms with E-state index in [0.29, 0.717) is 17.1 Å². The summed E-state index contributed by atoms with van der Waals surface area (Å²) < 4.78 is 13.2. The average molecular weight is 467 g/mol. The monoisotopic (exact) mass is 466 g/mol. The van der Waals surface area contributed by atoms with Gasteiger partial charge in [-0.15, -0.1) is 0 Å². The molecular weight excluding hydrogens is 443 g/mol. The number of carbonyl (C=O) groups is 2. The van der Waals surface area contributed by atoms with E-state index in [1.165, 1.54) is 24.1 Å². The smallest absolute Gasteiger partial charge is 0.407 e. The molecule has 3 aromatic rings. The van der Waals surface area contributed by atoms with Crippen LogP contribution in [0.4, 0.5) is 9.18 Å². The minimum Gasteiger partial charge on any atom is -0.465 e. The summed E-state index contributed by atoms with van der Waals surface area (Å²) in [6.07, 6.45) is -1.05. The van der Waals surface area contributed by atoms with Crippen LogP contribution < -0.4 is 0 Å². The largest absolute Gasteiger partial charge is 0.465 e. The van der Waals surface area contributed by atoms with Gasteiger partial charge in [0.05, 0.1) is 5.54 Å². The van der Waals surface area contributed by atoms with E-state index in [4.69, 9.17) is 11.6 Å². The molecule has 0 saturated carbocycles. The zero-order valence-corrected chi connectivity index (χ0v) is 19.1. The van der Waals surface area contributed by atoms with Crippen molar-refractivity contribution in [2.45, 2.75) is 18.4 Å². The van der Waals surface area contributed by atoms with Crippen molar-refractivity contribution in [3.63, 3.8) is 0 Å². The molecule has 5 nitrogen and oxygen atoms in total. The Balaban J connectivity index is 1.60. The number of likely N-dealkylation sites (tertiary alicyclic amines) is 1. The summed E-state index contributed by atoms with van der Waals surface area (Å²) in [7, 11) is 1.54. The predicted octanol–water partition coefficient (Wildman–Crippen LogP) is 5.75. The van der Waals surface area contributed by atoms with E-state index >= 15 is 0 Å². The van der Waals surface area contributed by atoms with Gasteiger partial charge in [0.15, 0.2) is 0 Å². The summed E-state index contributed by atoms with van der Waals surface area (Å²) in [6.45, 7) is 2.52. The number of rotatable bonds is 4. The number of hydrogen-bond acceptors (Lipinski definition) is 2. The summed E-state index contributed by atoms with van der Waals surface area (Å²) >= 11 is 6.04. The van der Waals surface area contributed by atoms with Crippen LogP contribution in [0.1, 0.15) is 28.8 Å². The summed E-state index contributed by atoms with van der Waals surface area (Å²) in [4.78, 5) is 28.2. The van der Waals surface area contributed by atoms with Gasteiger partial charge >= 0.3 is 6.09 Å². The first-order chi connectivity index (χ1) is 15.7. The van der Waals surface area contributed by atoms with Crippen molar-refractivity contribution in [2.75, 3.05) is 20.1 Å². The van der Waals surface area contributed by atoms with Crippen LogP contribution in [0.15, 0.2) is 72.8 Å². The Labute approximate surface area is 197 Å². The lowest BCUT2D eigenvalue weighted by Gasteiger charge is -2.38. The standard InChI is InChI=1S/C26H24ClFN2O3/c1-26(29(2)25(32)33)16-30(15-23(26)19-7-11-21(27)12-8-19)24(31)20-5-3-17(4-6-20)18-9-13-22(28)14-10-18/h3-14,23H,15-16H2,1-2H3,(H,32,33)/t23-,26+/m1/s1. The lowest BCUT2D eigenvalue weighted by atomic mass is 9.82. The summed E-state index contributed by atoms with van der Waals surface area (Å²) in [5.74, 6) is -0.676. The van der Waals surface area contributed by atoms with E-state index in [9.17, 15) is 19.1 Å². The molecule has 0 aromatic heterocycles. The molecule has 0 spiro atoms. The van der Waals surface area contributed by atoms with E-state index in [-0.39, 0.29) is 24.2 Å². The molecule has 1 N–H and O–H groups in total. The van der Waals surface area contributed by atoms with Crippen molar-refractivity contribution >= 4 is 23.6 Å². The fourth-order valence-corrected chi connectivity index (χ4v) is 4.61. The number of benzene rings is 3. The van der Waals surface area contributed by atoms with E-state index in [2.05, 4.69) is 0 Å². The van der Waals surface area contributed by atoms with Gasteiger partial charge in [0.1, 0.15) is 5.82 Å². The first-order valence-corrected chi connectivity index (χ1v) is 10.9. The van der Waals surface area contributed by atoms with Gasteiger partial charge in [-0.2, -0.15) is 0 Å². The molecule has 0 bridgehead atoms. The zero-order valence-electron chi connectivity index (χ0n) is 18.3. The van der Waals surface area contributed by atoms with Gasteiger partial charge in [-0.25, -0.2) is 9.18 Å². The van der Waals surface area contributed by atoms with Crippen molar-refractivity contribution in [2.24, 2.45) is 0 Å². The summed E-state index contributed by atoms with van der Waals surface area (Å²) in [5, 5.41) is 10.3. The Morgan fingerprint density at radius 2 is 1.55 bits per heavy atom. The number of amides is 2. The van der Waals surface area contributed by atoms with Crippen molar-refractivity contribution in [1.29, 1.82) is 0 Å². The second-order valence-corrected chi connectivity index (χ2v) is 9.01. The minimum absolute atomic E-state index is 0.165. The first kappa shape index (κ1) is 22.8. The fourth-order valence-electron chi connectivity index (χ4n) is 4.48. The number of likely N-dealkylation sites (N-methyl/N-ethyl adjacent to an activating group) is 1. The quantitative estimate of drug-likeness (QED) is 0.532. The molecule has 33 heavy (non-hydrogen) atoms. The third kappa shape index (κ3) is 4.44. The number of nitrogens with zero attached hydrogens (tertiary/aromatic N) is 2. The fraction of sp³-hybridized carbons (Fsp3) is 0.231. The Hall–Kier alpha value is -3.38. The molecule has 170 valence electrons. The van der Waals surface area contributed by atoms with Crippen molar-refractivity contribution in [3.05, 3.63) is 94.8 Å². The SMILES string of the molecule is CN(C(=O)O)[C@@]1(C)CN(C(=O)c2ccc(-c3ccc(F)cc3)cc2)C[C@@H]1c1ccc(Cl)cc1. The predicted molar refractivity (Wildman–Crippen MR) is 126 cm³/mol. The second-order valence-electron chi connectivity index (χ2n) is 8.57. The summed E-state index contributed by atoms with van der Waals surface area (Å²) in [6, 6.07) is 20.6. The molecule has 7 heteroatoms. The molecule has 1 fully saturated rings. The third-order valence-corrected chi connectivity index (χ3v) is 6.84. The van der Waals surface area contributed by atoms with Crippen LogP contribution >= 0.6 is 11.6 Å². The Morgan fingerprint density at radius 1 is 1.00 bits per heavy atom. The van der Waals surface area contributed by atoms with Crippen molar-refractivity contribution in [3.8, 4) is 11.1 Å². The van der Waals surface area contributed by atoms with Gasteiger partial charge in [0.25, 0.3) is 5.91 Å². The van der Waals surface area contributed by atoms with Crippen LogP contribution in [-0.2, 0) is 0 Å². The van der Waals surface area contributed by atoms with E-state index in [1.807, 2.05) is 31.2 Å². The number of hydrogen-bond donors (Lipinski definition) is 1. The van der Waals surface area contributed by atoms with Crippen LogP contribution in [0.3, 0.4) is 0 Å². The van der Waals surface area contributed by atoms with Crippen LogP contribution in [-0.4, -0.2) is 52.6 Å². The molecule has 1 heterocycles. The maximum Gasteiger partial charge on any atom is 0.407 e. The van der Waals surface area contributed by atoms with Crippen LogP contribution in [0.5, 0.6) is 0 Å². The van der Waals surface area contributed by atoms with Crippen LogP contribution in [0.2, 0.25) is 5.02 Å². The number of carbonyl (C=O) groups excluding carboxylic acids is 1. The molecule has 1 saturated heterocycles. The first-order valence-electron chi connectivity index (χ1n) is 10.6. The molecule has 2 atom stereocenters. The molecule has 3 aromatic carbocycles. The van der Waals surface area contributed by atoms with Gasteiger partial charge in [0.2, 0.25) is 0 Å². The van der Waals surface area contributed by atoms with E-state index in [0.717, 1.165) is 16.7 Å². The normalized spacial score (nSPS) is 20.0. The highest BCUT2D eigenvalue weighted by Crippen LogP contribution is 2.40. The molecule has 0 aliphatic carbocycles. The van der Waals surface area contributed by atoms with E-state index in [1.54, 1.807) is 41.3 Å². The molecule has 4 rings (SSSR count). The van der Waals surface area contributed by atoms with Gasteiger partial charge in [0, 0.05) is 36.6 Å². The molecular formula is C26H24ClFN2O3. The number of carboxylic acid groups (broad SMARTS) is 1. The highest BCUT2D eigenvalue weighted by atomic mass is 35.5. The number of halogens is 2. The molecule has 1 aliphatic rings. The highest BCUT2D eigenvalue weighted by Gasteiger charge is 2.49. The van der Waals surface area contributed by atoms with Crippen molar-refractivity contribution in [1.82, 2.24) is 9.80 Å². The Bertz CT molecular complexity index is 1170. The van der Waals surface area contributed by atoms with Gasteiger partial charge < -0.3 is 14.9 Å². The summed E-state index contributed by atoms with van der Waals surface area (Å²) in [5.41, 5.74) is 2.37. The maximum absolute atomic E-state index is 13.3. The Kier molecular flexibility index (Phi) is 6.13. The van der Waals surface area contributed by atoms with Gasteiger partial charge in [-0.1, -0.05) is 48.0 Å². The molecule has 1 aliphatic heterocycles. The Morgan fingerprint density at radius 3 is 2.09 bits per heavy atom. The van der Waals surface area contributed by atoms with E-state index < -0.39 is 11.6 Å². The van der Waals surface area contributed by atoms with Gasteiger partial charge in [-0.3, -0.25) is 4.79 Å². The average Bonchev–Trinajstić information content (AvgIpc) is 3.17. The minimum atomic E-state index is -1.05. The lowest BCUT2D eigenvalue weighted by molar-refractivity contribution is 0.0728. The zero-order chi connectivity index (χ0) is 23.8. The topological polar surface area (TPSA) is 60.9 Å². The second kappa shape index (κ2) is 8.87. The maximum atomic E-state index is 13.3. The van der Waals surface area contributed by atoms with Crippen LogP contribution in [0, 0.1) is 5.82 Å². The van der Waals surface area contributed by atoms with Crippen LogP contribution in [0.25, 0.3) is 11.1 Å². The van der Waals surface area contributed by atoms with Gasteiger partial charge in [-0.05, 0) is 60.0 Å². The lowest BCUT2D eigenvalue weighted by Crippen LogP contribution is -2.52. The molecule has 0 radical (unpaired) electrons. The van der Waals surface area contributed by atoms with Crippen molar-refractivity contribution < 1.29 is 19.1 Å². The molecule has 0 unspecified atom stereocenters. The highest BCUT2D eigenvalue weighted by molar-refractivity contribution is 6.30. The third-order valence-electron chi connectivity index (χ3n) is 6.59.